The van der Waals surface area contributed by atoms with Crippen LogP contribution in [0.4, 0.5) is 10.5 Å². The average molecular weight is 413 g/mol. The highest BCUT2D eigenvalue weighted by Gasteiger charge is 2.37. The van der Waals surface area contributed by atoms with Crippen molar-refractivity contribution in [3.63, 3.8) is 0 Å². The van der Waals surface area contributed by atoms with Gasteiger partial charge in [0.15, 0.2) is 0 Å². The number of hydrogen-bond acceptors (Lipinski definition) is 7. The van der Waals surface area contributed by atoms with E-state index in [0.717, 1.165) is 28.6 Å². The predicted octanol–water partition coefficient (Wildman–Crippen LogP) is 2.06. The van der Waals surface area contributed by atoms with E-state index in [9.17, 15) is 28.4 Å². The maximum absolute atomic E-state index is 13.0. The Morgan fingerprint density at radius 2 is 1.89 bits per heavy atom. The lowest BCUT2D eigenvalue weighted by Gasteiger charge is -2.39. The lowest BCUT2D eigenvalue weighted by molar-refractivity contribution is -0.384. The number of carbonyl (C=O) groups excluding carboxylic acids is 1. The minimum atomic E-state index is -4.09. The van der Waals surface area contributed by atoms with Crippen LogP contribution in [0, 0.1) is 10.1 Å². The fourth-order valence-electron chi connectivity index (χ4n) is 2.60. The number of benzene rings is 1. The first-order valence-corrected chi connectivity index (χ1v) is 9.88. The van der Waals surface area contributed by atoms with Gasteiger partial charge in [0.25, 0.3) is 15.7 Å². The first kappa shape index (κ1) is 21.6. The third kappa shape index (κ3) is 4.60. The van der Waals surface area contributed by atoms with Crippen molar-refractivity contribution in [2.45, 2.75) is 44.2 Å². The summed E-state index contributed by atoms with van der Waals surface area (Å²) in [5.74, 6) is 0. The van der Waals surface area contributed by atoms with Crippen LogP contribution in [0.15, 0.2) is 41.1 Å². The van der Waals surface area contributed by atoms with Gasteiger partial charge in [0.1, 0.15) is 5.60 Å². The van der Waals surface area contributed by atoms with E-state index < -0.39 is 39.3 Å². The lowest BCUT2D eigenvalue weighted by Crippen LogP contribution is -2.52. The molecule has 11 heteroatoms. The van der Waals surface area contributed by atoms with Crippen LogP contribution in [0.2, 0.25) is 0 Å². The van der Waals surface area contributed by atoms with E-state index in [2.05, 4.69) is 0 Å². The molecule has 0 saturated heterocycles. The van der Waals surface area contributed by atoms with Gasteiger partial charge in [-0.1, -0.05) is 0 Å². The van der Waals surface area contributed by atoms with E-state index in [-0.39, 0.29) is 17.1 Å². The maximum Gasteiger partial charge on any atom is 0.414 e. The van der Waals surface area contributed by atoms with Gasteiger partial charge in [-0.25, -0.2) is 13.2 Å². The summed E-state index contributed by atoms with van der Waals surface area (Å²) in [6.07, 6.45) is 0.595. The Hall–Kier alpha value is -2.66. The molecule has 1 aliphatic rings. The normalized spacial score (nSPS) is 17.9. The highest BCUT2D eigenvalue weighted by molar-refractivity contribution is 7.89. The summed E-state index contributed by atoms with van der Waals surface area (Å²) in [4.78, 5) is 23.6. The summed E-state index contributed by atoms with van der Waals surface area (Å²) in [6.45, 7) is 6.06. The van der Waals surface area contributed by atoms with Gasteiger partial charge in [-0.15, -0.1) is 0 Å². The van der Waals surface area contributed by atoms with Crippen molar-refractivity contribution in [1.29, 1.82) is 0 Å². The van der Waals surface area contributed by atoms with Crippen LogP contribution >= 0.6 is 0 Å². The van der Waals surface area contributed by atoms with Crippen molar-refractivity contribution in [2.75, 3.05) is 13.2 Å². The first-order chi connectivity index (χ1) is 12.9. The van der Waals surface area contributed by atoms with E-state index in [1.165, 1.54) is 11.1 Å². The molecule has 10 nitrogen and oxygen atoms in total. The van der Waals surface area contributed by atoms with E-state index in [4.69, 9.17) is 4.74 Å². The van der Waals surface area contributed by atoms with Crippen LogP contribution in [-0.2, 0) is 14.8 Å². The highest BCUT2D eigenvalue weighted by Crippen LogP contribution is 2.27. The lowest BCUT2D eigenvalue weighted by atomic mass is 10.2. The van der Waals surface area contributed by atoms with Crippen LogP contribution in [0.3, 0.4) is 0 Å². The van der Waals surface area contributed by atoms with Gasteiger partial charge in [0, 0.05) is 24.0 Å². The number of carbonyl (C=O) groups is 1. The number of nitro groups is 1. The molecular formula is C17H23N3O7S. The van der Waals surface area contributed by atoms with Gasteiger partial charge in [-0.3, -0.25) is 19.3 Å². The summed E-state index contributed by atoms with van der Waals surface area (Å²) in [5, 5.41) is 20.5. The fraction of sp³-hybridized carbons (Fsp3) is 0.471. The molecule has 1 aliphatic heterocycles. The number of hydrogen-bond donors (Lipinski definition) is 1. The minimum Gasteiger partial charge on any atom is -0.443 e. The van der Waals surface area contributed by atoms with Crippen molar-refractivity contribution in [1.82, 2.24) is 9.21 Å². The highest BCUT2D eigenvalue weighted by atomic mass is 32.2. The topological polar surface area (TPSA) is 130 Å². The number of amides is 1. The van der Waals surface area contributed by atoms with Crippen LogP contribution in [-0.4, -0.2) is 58.5 Å². The molecule has 0 aliphatic carbocycles. The van der Waals surface area contributed by atoms with Gasteiger partial charge in [0.2, 0.25) is 0 Å². The number of aliphatic hydroxyl groups excluding tert-OH is 1. The number of nitro benzene ring substituents is 1. The number of allylic oxidation sites excluding steroid dienone is 1. The molecule has 1 unspecified atom stereocenters. The summed E-state index contributed by atoms with van der Waals surface area (Å²) >= 11 is 0. The molecule has 0 aromatic heterocycles. The molecule has 1 N–H and O–H groups in total. The van der Waals surface area contributed by atoms with E-state index in [0.29, 0.717) is 5.70 Å². The third-order valence-corrected chi connectivity index (χ3v) is 5.77. The molecule has 1 aromatic carbocycles. The molecule has 0 spiro atoms. The quantitative estimate of drug-likeness (QED) is 0.590. The summed E-state index contributed by atoms with van der Waals surface area (Å²) in [7, 11) is -4.09. The van der Waals surface area contributed by atoms with Crippen molar-refractivity contribution in [2.24, 2.45) is 0 Å². The zero-order valence-electron chi connectivity index (χ0n) is 16.0. The molecule has 28 heavy (non-hydrogen) atoms. The third-order valence-electron chi connectivity index (χ3n) is 3.94. The molecule has 1 amide bonds. The van der Waals surface area contributed by atoms with Crippen LogP contribution in [0.1, 0.15) is 27.7 Å². The number of nitrogens with zero attached hydrogens (tertiary/aromatic N) is 3. The SMILES string of the molecule is CC1=CN(S(=O)(=O)c2ccc([N+](=O)[O-])cc2)C(CO)CN1C(=O)OC(C)(C)C. The standard InChI is InChI=1S/C17H23N3O7S/c1-12-9-19(14(11-21)10-18(12)16(22)27-17(2,3)4)28(25,26)15-7-5-13(6-8-15)20(23)24/h5-9,14,21H,10-11H2,1-4H3. The fourth-order valence-corrected chi connectivity index (χ4v) is 4.14. The Bertz CT molecular complexity index is 888. The largest absolute Gasteiger partial charge is 0.443 e. The van der Waals surface area contributed by atoms with Crippen LogP contribution < -0.4 is 0 Å². The number of rotatable bonds is 4. The number of non-ortho nitro benzene ring substituents is 1. The van der Waals surface area contributed by atoms with E-state index in [1.807, 2.05) is 0 Å². The minimum absolute atomic E-state index is 0.0973. The second kappa shape index (κ2) is 7.76. The average Bonchev–Trinajstić information content (AvgIpc) is 2.59. The molecular weight excluding hydrogens is 390 g/mol. The Morgan fingerprint density at radius 1 is 1.32 bits per heavy atom. The summed E-state index contributed by atoms with van der Waals surface area (Å²) < 4.78 is 32.2. The Kier molecular flexibility index (Phi) is 6.00. The summed E-state index contributed by atoms with van der Waals surface area (Å²) in [5.41, 5.74) is -0.642. The summed E-state index contributed by atoms with van der Waals surface area (Å²) in [6, 6.07) is 3.51. The van der Waals surface area contributed by atoms with Gasteiger partial charge in [-0.05, 0) is 39.8 Å². The second-order valence-electron chi connectivity index (χ2n) is 7.28. The zero-order valence-corrected chi connectivity index (χ0v) is 16.8. The first-order valence-electron chi connectivity index (χ1n) is 8.44. The second-order valence-corrected chi connectivity index (χ2v) is 9.13. The Balaban J connectivity index is 2.36. The molecule has 0 bridgehead atoms. The van der Waals surface area contributed by atoms with Crippen LogP contribution in [0.5, 0.6) is 0 Å². The Labute approximate surface area is 163 Å². The number of ether oxygens (including phenoxy) is 1. The van der Waals surface area contributed by atoms with E-state index >= 15 is 0 Å². The number of sulfonamides is 1. The van der Waals surface area contributed by atoms with Crippen molar-refractivity contribution in [3.05, 3.63) is 46.3 Å². The molecule has 0 radical (unpaired) electrons. The molecule has 1 heterocycles. The van der Waals surface area contributed by atoms with Gasteiger partial charge < -0.3 is 9.84 Å². The van der Waals surface area contributed by atoms with Crippen molar-refractivity contribution < 1.29 is 28.0 Å². The molecule has 1 aromatic rings. The maximum atomic E-state index is 13.0. The van der Waals surface area contributed by atoms with Crippen LogP contribution in [0.25, 0.3) is 0 Å². The van der Waals surface area contributed by atoms with E-state index in [1.54, 1.807) is 27.7 Å². The smallest absolute Gasteiger partial charge is 0.414 e. The molecule has 2 rings (SSSR count). The zero-order chi connectivity index (χ0) is 21.3. The van der Waals surface area contributed by atoms with Gasteiger partial charge in [0.05, 0.1) is 29.0 Å². The molecule has 0 saturated carbocycles. The molecule has 1 atom stereocenters. The van der Waals surface area contributed by atoms with Crippen molar-refractivity contribution in [3.8, 4) is 0 Å². The molecule has 154 valence electrons. The monoisotopic (exact) mass is 413 g/mol. The van der Waals surface area contributed by atoms with Crippen molar-refractivity contribution >= 4 is 21.8 Å². The predicted molar refractivity (Wildman–Crippen MR) is 99.7 cm³/mol. The van der Waals surface area contributed by atoms with Gasteiger partial charge >= 0.3 is 6.09 Å². The number of aliphatic hydroxyl groups is 1. The Morgan fingerprint density at radius 3 is 2.36 bits per heavy atom. The molecule has 0 fully saturated rings. The van der Waals surface area contributed by atoms with Gasteiger partial charge in [-0.2, -0.15) is 0 Å².